The highest BCUT2D eigenvalue weighted by atomic mass is 16.6. The number of cyclic esters (lactones) is 1. The first kappa shape index (κ1) is 11.5. The predicted octanol–water partition coefficient (Wildman–Crippen LogP) is 2.87. The number of carbonyl (C=O) groups is 1. The topological polar surface area (TPSA) is 50.7 Å². The van der Waals surface area contributed by atoms with Crippen molar-refractivity contribution in [3.05, 3.63) is 71.8 Å². The summed E-state index contributed by atoms with van der Waals surface area (Å²) in [4.78, 5) is 11.4. The molecule has 4 heteroatoms. The van der Waals surface area contributed by atoms with E-state index in [0.29, 0.717) is 5.71 Å². The minimum Gasteiger partial charge on any atom is -0.433 e. The summed E-state index contributed by atoms with van der Waals surface area (Å²) in [6.07, 6.45) is -1.01. The molecule has 0 fully saturated rings. The van der Waals surface area contributed by atoms with Crippen molar-refractivity contribution >= 4 is 11.8 Å². The summed E-state index contributed by atoms with van der Waals surface area (Å²) < 4.78 is 5.36. The van der Waals surface area contributed by atoms with Crippen LogP contribution in [0.15, 0.2) is 65.8 Å². The fourth-order valence-corrected chi connectivity index (χ4v) is 2.03. The standard InChI is InChI=1S/C15H12N2O2/c18-15-17-16-13(11-7-3-1-4-8-11)14(19-15)12-9-5-2-6-10-12/h1-10,14H,(H,17,18). The fraction of sp³-hybridized carbons (Fsp3) is 0.0667. The Morgan fingerprint density at radius 1 is 0.947 bits per heavy atom. The molecule has 1 amide bonds. The van der Waals surface area contributed by atoms with Crippen LogP contribution in [0, 0.1) is 0 Å². The van der Waals surface area contributed by atoms with Gasteiger partial charge in [0.1, 0.15) is 5.71 Å². The van der Waals surface area contributed by atoms with Gasteiger partial charge in [-0.2, -0.15) is 5.10 Å². The monoisotopic (exact) mass is 252 g/mol. The summed E-state index contributed by atoms with van der Waals surface area (Å²) >= 11 is 0. The van der Waals surface area contributed by atoms with Crippen molar-refractivity contribution in [2.75, 3.05) is 0 Å². The quantitative estimate of drug-likeness (QED) is 0.893. The van der Waals surface area contributed by atoms with Crippen molar-refractivity contribution in [3.8, 4) is 0 Å². The molecule has 0 bridgehead atoms. The Labute approximate surface area is 110 Å². The average molecular weight is 252 g/mol. The molecular formula is C15H12N2O2. The van der Waals surface area contributed by atoms with Crippen LogP contribution in [0.4, 0.5) is 4.79 Å². The van der Waals surface area contributed by atoms with Gasteiger partial charge >= 0.3 is 6.09 Å². The van der Waals surface area contributed by atoms with E-state index in [1.807, 2.05) is 60.7 Å². The van der Waals surface area contributed by atoms with E-state index in [1.165, 1.54) is 0 Å². The van der Waals surface area contributed by atoms with Gasteiger partial charge in [0.2, 0.25) is 0 Å². The highest BCUT2D eigenvalue weighted by Gasteiger charge is 2.27. The maximum absolute atomic E-state index is 11.4. The van der Waals surface area contributed by atoms with E-state index in [1.54, 1.807) is 0 Å². The lowest BCUT2D eigenvalue weighted by Crippen LogP contribution is -2.33. The number of amides is 1. The van der Waals surface area contributed by atoms with Gasteiger partial charge in [0.05, 0.1) is 0 Å². The summed E-state index contributed by atoms with van der Waals surface area (Å²) in [7, 11) is 0. The second-order valence-electron chi connectivity index (χ2n) is 4.17. The minimum absolute atomic E-state index is 0.475. The Bertz CT molecular complexity index is 609. The molecule has 1 unspecified atom stereocenters. The molecule has 2 aromatic rings. The van der Waals surface area contributed by atoms with Crippen LogP contribution in [0.5, 0.6) is 0 Å². The molecule has 1 heterocycles. The zero-order valence-electron chi connectivity index (χ0n) is 10.1. The minimum atomic E-state index is -0.534. The van der Waals surface area contributed by atoms with Crippen molar-refractivity contribution in [2.45, 2.75) is 6.10 Å². The highest BCUT2D eigenvalue weighted by Crippen LogP contribution is 2.25. The number of benzene rings is 2. The van der Waals surface area contributed by atoms with Crippen molar-refractivity contribution < 1.29 is 9.53 Å². The van der Waals surface area contributed by atoms with Gasteiger partial charge < -0.3 is 4.74 Å². The second-order valence-corrected chi connectivity index (χ2v) is 4.17. The summed E-state index contributed by atoms with van der Waals surface area (Å²) in [5, 5.41) is 4.13. The molecule has 0 radical (unpaired) electrons. The number of carbonyl (C=O) groups excluding carboxylic acids is 1. The molecule has 4 nitrogen and oxygen atoms in total. The van der Waals surface area contributed by atoms with Crippen LogP contribution < -0.4 is 5.43 Å². The van der Waals surface area contributed by atoms with E-state index in [9.17, 15) is 4.79 Å². The summed E-state index contributed by atoms with van der Waals surface area (Å²) in [6, 6.07) is 19.2. The van der Waals surface area contributed by atoms with Gasteiger partial charge in [0, 0.05) is 5.56 Å². The third-order valence-corrected chi connectivity index (χ3v) is 2.91. The molecule has 3 rings (SSSR count). The first-order valence-electron chi connectivity index (χ1n) is 5.99. The number of ether oxygens (including phenoxy) is 1. The fourth-order valence-electron chi connectivity index (χ4n) is 2.03. The smallest absolute Gasteiger partial charge is 0.428 e. The van der Waals surface area contributed by atoms with Crippen molar-refractivity contribution in [1.82, 2.24) is 5.43 Å². The molecule has 1 aliphatic rings. The van der Waals surface area contributed by atoms with E-state index in [-0.39, 0.29) is 0 Å². The van der Waals surface area contributed by atoms with Gasteiger partial charge in [-0.25, -0.2) is 10.2 Å². The Balaban J connectivity index is 2.03. The number of hydrogen-bond acceptors (Lipinski definition) is 3. The molecule has 1 N–H and O–H groups in total. The summed E-state index contributed by atoms with van der Waals surface area (Å²) in [6.45, 7) is 0. The highest BCUT2D eigenvalue weighted by molar-refractivity contribution is 6.06. The lowest BCUT2D eigenvalue weighted by atomic mass is 9.99. The summed E-state index contributed by atoms with van der Waals surface area (Å²) in [5.41, 5.74) is 4.89. The van der Waals surface area contributed by atoms with E-state index in [0.717, 1.165) is 11.1 Å². The predicted molar refractivity (Wildman–Crippen MR) is 71.8 cm³/mol. The van der Waals surface area contributed by atoms with E-state index in [4.69, 9.17) is 4.74 Å². The third kappa shape index (κ3) is 2.33. The first-order valence-corrected chi connectivity index (χ1v) is 5.99. The Kier molecular flexibility index (Phi) is 2.98. The molecule has 94 valence electrons. The van der Waals surface area contributed by atoms with Crippen LogP contribution in [0.25, 0.3) is 0 Å². The number of hydrazone groups is 1. The molecule has 19 heavy (non-hydrogen) atoms. The second kappa shape index (κ2) is 4.94. The van der Waals surface area contributed by atoms with Gasteiger partial charge in [-0.15, -0.1) is 0 Å². The molecule has 0 saturated carbocycles. The zero-order valence-corrected chi connectivity index (χ0v) is 10.1. The zero-order chi connectivity index (χ0) is 13.1. The lowest BCUT2D eigenvalue weighted by molar-refractivity contribution is 0.121. The van der Waals surface area contributed by atoms with Crippen molar-refractivity contribution in [1.29, 1.82) is 0 Å². The Morgan fingerprint density at radius 3 is 2.26 bits per heavy atom. The SMILES string of the molecule is O=C1NN=C(c2ccccc2)C(c2ccccc2)O1. The van der Waals surface area contributed by atoms with E-state index < -0.39 is 12.2 Å². The molecular weight excluding hydrogens is 240 g/mol. The molecule has 0 saturated heterocycles. The van der Waals surface area contributed by atoms with Gasteiger partial charge in [-0.1, -0.05) is 60.7 Å². The maximum atomic E-state index is 11.4. The number of nitrogens with one attached hydrogen (secondary N) is 1. The summed E-state index contributed by atoms with van der Waals surface area (Å²) in [5.74, 6) is 0. The van der Waals surface area contributed by atoms with Crippen molar-refractivity contribution in [3.63, 3.8) is 0 Å². The maximum Gasteiger partial charge on any atom is 0.428 e. The van der Waals surface area contributed by atoms with E-state index >= 15 is 0 Å². The third-order valence-electron chi connectivity index (χ3n) is 2.91. The first-order chi connectivity index (χ1) is 9.34. The van der Waals surface area contributed by atoms with Crippen LogP contribution in [0.1, 0.15) is 17.2 Å². The Hall–Kier alpha value is -2.62. The van der Waals surface area contributed by atoms with Gasteiger partial charge in [0.25, 0.3) is 0 Å². The van der Waals surface area contributed by atoms with Crippen LogP contribution in [0.2, 0.25) is 0 Å². The molecule has 1 aliphatic heterocycles. The number of rotatable bonds is 2. The van der Waals surface area contributed by atoms with Crippen LogP contribution >= 0.6 is 0 Å². The number of nitrogens with zero attached hydrogens (tertiary/aromatic N) is 1. The molecule has 0 aliphatic carbocycles. The van der Waals surface area contributed by atoms with E-state index in [2.05, 4.69) is 10.5 Å². The average Bonchev–Trinajstić information content (AvgIpc) is 2.49. The lowest BCUT2D eigenvalue weighted by Gasteiger charge is -2.23. The van der Waals surface area contributed by atoms with Gasteiger partial charge in [-0.3, -0.25) is 0 Å². The van der Waals surface area contributed by atoms with Crippen LogP contribution in [-0.2, 0) is 4.74 Å². The van der Waals surface area contributed by atoms with Gasteiger partial charge in [0.15, 0.2) is 6.10 Å². The van der Waals surface area contributed by atoms with Crippen molar-refractivity contribution in [2.24, 2.45) is 5.10 Å². The molecule has 2 aromatic carbocycles. The molecule has 0 aromatic heterocycles. The number of hydrogen-bond donors (Lipinski definition) is 1. The van der Waals surface area contributed by atoms with Gasteiger partial charge in [-0.05, 0) is 5.56 Å². The van der Waals surface area contributed by atoms with Crippen LogP contribution in [-0.4, -0.2) is 11.8 Å². The largest absolute Gasteiger partial charge is 0.433 e. The molecule has 0 spiro atoms. The molecule has 1 atom stereocenters. The van der Waals surface area contributed by atoms with Crippen LogP contribution in [0.3, 0.4) is 0 Å². The Morgan fingerprint density at radius 2 is 1.58 bits per heavy atom. The normalized spacial score (nSPS) is 18.2.